The van der Waals surface area contributed by atoms with Crippen LogP contribution in [0, 0.1) is 18.3 Å². The molecule has 0 atom stereocenters. The van der Waals surface area contributed by atoms with Crippen LogP contribution < -0.4 is 5.73 Å². The minimum absolute atomic E-state index is 0.615. The lowest BCUT2D eigenvalue weighted by Gasteiger charge is -2.06. The molecule has 0 saturated carbocycles. The molecular weight excluding hydrogens is 254 g/mol. The van der Waals surface area contributed by atoms with Gasteiger partial charge in [-0.05, 0) is 24.5 Å². The third kappa shape index (κ3) is 2.94. The van der Waals surface area contributed by atoms with Gasteiger partial charge in [-0.3, -0.25) is 0 Å². The van der Waals surface area contributed by atoms with Crippen molar-refractivity contribution >= 4 is 16.5 Å². The molecule has 0 saturated heterocycles. The second kappa shape index (κ2) is 5.85. The van der Waals surface area contributed by atoms with Gasteiger partial charge in [-0.15, -0.1) is 11.3 Å². The van der Waals surface area contributed by atoms with E-state index in [-0.39, 0.29) is 0 Å². The van der Waals surface area contributed by atoms with Gasteiger partial charge in [0.05, 0.1) is 17.3 Å². The summed E-state index contributed by atoms with van der Waals surface area (Å²) in [5.74, 6) is 0. The lowest BCUT2D eigenvalue weighted by Crippen LogP contribution is -1.97. The number of thiazole rings is 1. The molecule has 2 N–H and O–H groups in total. The third-order valence-corrected chi connectivity index (χ3v) is 4.03. The molecule has 1 aromatic heterocycles. The maximum absolute atomic E-state index is 9.27. The molecule has 3 nitrogen and oxygen atoms in total. The van der Waals surface area contributed by atoms with Crippen molar-refractivity contribution in [2.24, 2.45) is 0 Å². The van der Waals surface area contributed by atoms with Crippen molar-refractivity contribution in [1.82, 2.24) is 4.98 Å². The zero-order valence-corrected chi connectivity index (χ0v) is 12.0. The molecule has 98 valence electrons. The van der Waals surface area contributed by atoms with Gasteiger partial charge in [-0.2, -0.15) is 5.26 Å². The molecule has 1 heterocycles. The van der Waals surface area contributed by atoms with E-state index in [0.717, 1.165) is 41.6 Å². The number of nitrogen functional groups attached to an aromatic ring is 1. The molecule has 0 aliphatic rings. The van der Waals surface area contributed by atoms with Crippen LogP contribution in [0.4, 0.5) is 5.13 Å². The molecule has 0 fully saturated rings. The molecule has 0 spiro atoms. The van der Waals surface area contributed by atoms with Gasteiger partial charge in [0.25, 0.3) is 0 Å². The highest BCUT2D eigenvalue weighted by Crippen LogP contribution is 2.26. The molecule has 2 aromatic rings. The maximum Gasteiger partial charge on any atom is 0.180 e. The van der Waals surface area contributed by atoms with E-state index in [1.807, 2.05) is 25.1 Å². The van der Waals surface area contributed by atoms with Crippen LogP contribution in [-0.4, -0.2) is 4.98 Å². The third-order valence-electron chi connectivity index (χ3n) is 3.10. The Morgan fingerprint density at radius 1 is 1.42 bits per heavy atom. The normalized spacial score (nSPS) is 10.4. The molecule has 4 heteroatoms. The number of aromatic nitrogens is 1. The summed E-state index contributed by atoms with van der Waals surface area (Å²) in [6, 6.07) is 8.27. The van der Waals surface area contributed by atoms with Gasteiger partial charge in [-0.1, -0.05) is 31.5 Å². The molecule has 0 radical (unpaired) electrons. The van der Waals surface area contributed by atoms with Crippen molar-refractivity contribution in [3.05, 3.63) is 45.5 Å². The van der Waals surface area contributed by atoms with Gasteiger partial charge >= 0.3 is 0 Å². The van der Waals surface area contributed by atoms with E-state index in [1.54, 1.807) is 0 Å². The largest absolute Gasteiger partial charge is 0.375 e. The highest BCUT2D eigenvalue weighted by atomic mass is 32.1. The first-order valence-corrected chi connectivity index (χ1v) is 7.20. The zero-order chi connectivity index (χ0) is 13.8. The molecule has 1 aromatic carbocycles. The average Bonchev–Trinajstić information content (AvgIpc) is 2.70. The average molecular weight is 271 g/mol. The fourth-order valence-corrected chi connectivity index (χ4v) is 3.08. The summed E-state index contributed by atoms with van der Waals surface area (Å²) in [5, 5.41) is 9.88. The first-order chi connectivity index (χ1) is 9.15. The number of nitriles is 1. The van der Waals surface area contributed by atoms with E-state index >= 15 is 0 Å². The number of rotatable bonds is 4. The Morgan fingerprint density at radius 3 is 2.89 bits per heavy atom. The van der Waals surface area contributed by atoms with Gasteiger partial charge in [0.1, 0.15) is 0 Å². The van der Waals surface area contributed by atoms with Gasteiger partial charge in [0, 0.05) is 11.3 Å². The Balaban J connectivity index is 2.37. The SMILES string of the molecule is CCCc1nc(N)sc1Cc1cccc(C)c1C#N. The summed E-state index contributed by atoms with van der Waals surface area (Å²) in [5.41, 5.74) is 9.74. The highest BCUT2D eigenvalue weighted by Gasteiger charge is 2.12. The first-order valence-electron chi connectivity index (χ1n) is 6.38. The molecule has 0 aliphatic heterocycles. The van der Waals surface area contributed by atoms with Gasteiger partial charge in [0.2, 0.25) is 0 Å². The Hall–Kier alpha value is -1.86. The summed E-state index contributed by atoms with van der Waals surface area (Å²) in [4.78, 5) is 5.57. The van der Waals surface area contributed by atoms with E-state index in [0.29, 0.717) is 5.13 Å². The van der Waals surface area contributed by atoms with Gasteiger partial charge in [0.15, 0.2) is 5.13 Å². The predicted molar refractivity (Wildman–Crippen MR) is 79.2 cm³/mol. The fourth-order valence-electron chi connectivity index (χ4n) is 2.18. The van der Waals surface area contributed by atoms with Crippen molar-refractivity contribution < 1.29 is 0 Å². The quantitative estimate of drug-likeness (QED) is 0.926. The van der Waals surface area contributed by atoms with E-state index in [2.05, 4.69) is 18.0 Å². The van der Waals surface area contributed by atoms with Crippen molar-refractivity contribution in [3.63, 3.8) is 0 Å². The molecule has 0 bridgehead atoms. The Morgan fingerprint density at radius 2 is 2.21 bits per heavy atom. The van der Waals surface area contributed by atoms with Gasteiger partial charge in [-0.25, -0.2) is 4.98 Å². The van der Waals surface area contributed by atoms with Crippen molar-refractivity contribution in [1.29, 1.82) is 5.26 Å². The lowest BCUT2D eigenvalue weighted by atomic mass is 9.99. The number of nitrogens with two attached hydrogens (primary N) is 1. The number of benzene rings is 1. The molecule has 19 heavy (non-hydrogen) atoms. The zero-order valence-electron chi connectivity index (χ0n) is 11.2. The second-order valence-electron chi connectivity index (χ2n) is 4.57. The van der Waals surface area contributed by atoms with Crippen molar-refractivity contribution in [2.45, 2.75) is 33.1 Å². The predicted octanol–water partition coefficient (Wildman–Crippen LogP) is 3.45. The van der Waals surface area contributed by atoms with Crippen LogP contribution in [0.5, 0.6) is 0 Å². The number of nitrogens with zero attached hydrogens (tertiary/aromatic N) is 2. The lowest BCUT2D eigenvalue weighted by molar-refractivity contribution is 0.879. The second-order valence-corrected chi connectivity index (χ2v) is 5.68. The summed E-state index contributed by atoms with van der Waals surface area (Å²) in [7, 11) is 0. The number of hydrogen-bond donors (Lipinski definition) is 1. The van der Waals surface area contributed by atoms with Crippen LogP contribution in [0.2, 0.25) is 0 Å². The summed E-state index contributed by atoms with van der Waals surface area (Å²) >= 11 is 1.53. The summed E-state index contributed by atoms with van der Waals surface area (Å²) in [6.45, 7) is 4.10. The van der Waals surface area contributed by atoms with Crippen LogP contribution in [0.15, 0.2) is 18.2 Å². The Labute approximate surface area is 117 Å². The topological polar surface area (TPSA) is 62.7 Å². The Kier molecular flexibility index (Phi) is 4.18. The van der Waals surface area contributed by atoms with Crippen molar-refractivity contribution in [2.75, 3.05) is 5.73 Å². The van der Waals surface area contributed by atoms with Gasteiger partial charge < -0.3 is 5.73 Å². The van der Waals surface area contributed by atoms with Crippen LogP contribution >= 0.6 is 11.3 Å². The first kappa shape index (κ1) is 13.6. The van der Waals surface area contributed by atoms with Crippen LogP contribution in [-0.2, 0) is 12.8 Å². The molecule has 0 aliphatic carbocycles. The molecule has 0 amide bonds. The highest BCUT2D eigenvalue weighted by molar-refractivity contribution is 7.15. The molecular formula is C15H17N3S. The van der Waals surface area contributed by atoms with E-state index < -0.39 is 0 Å². The summed E-state index contributed by atoms with van der Waals surface area (Å²) < 4.78 is 0. The minimum Gasteiger partial charge on any atom is -0.375 e. The molecule has 2 rings (SSSR count). The van der Waals surface area contributed by atoms with Crippen molar-refractivity contribution in [3.8, 4) is 6.07 Å². The minimum atomic E-state index is 0.615. The number of anilines is 1. The standard InChI is InChI=1S/C15H17N3S/c1-3-5-13-14(19-15(17)18-13)8-11-7-4-6-10(2)12(11)9-16/h4,6-7H,3,5,8H2,1-2H3,(H2,17,18). The molecule has 0 unspecified atom stereocenters. The van der Waals surface area contributed by atoms with E-state index in [9.17, 15) is 5.26 Å². The smallest absolute Gasteiger partial charge is 0.180 e. The fraction of sp³-hybridized carbons (Fsp3) is 0.333. The van der Waals surface area contributed by atoms with Crippen LogP contribution in [0.3, 0.4) is 0 Å². The van der Waals surface area contributed by atoms with E-state index in [4.69, 9.17) is 5.73 Å². The van der Waals surface area contributed by atoms with Crippen LogP contribution in [0.1, 0.15) is 40.6 Å². The maximum atomic E-state index is 9.27. The monoisotopic (exact) mass is 271 g/mol. The van der Waals surface area contributed by atoms with Crippen LogP contribution in [0.25, 0.3) is 0 Å². The number of aryl methyl sites for hydroxylation is 2. The number of hydrogen-bond acceptors (Lipinski definition) is 4. The summed E-state index contributed by atoms with van der Waals surface area (Å²) in [6.07, 6.45) is 2.74. The van der Waals surface area contributed by atoms with E-state index in [1.165, 1.54) is 16.2 Å². The Bertz CT molecular complexity index is 623.